The summed E-state index contributed by atoms with van der Waals surface area (Å²) in [5, 5.41) is 6.49. The number of carbonyl (C=O) groups is 1. The third-order valence-corrected chi connectivity index (χ3v) is 4.01. The molecule has 2 N–H and O–H groups in total. The van der Waals surface area contributed by atoms with Gasteiger partial charge in [0.05, 0.1) is 25.9 Å². The van der Waals surface area contributed by atoms with Crippen LogP contribution in [0.4, 0.5) is 5.69 Å². The highest BCUT2D eigenvalue weighted by molar-refractivity contribution is 6.31. The minimum atomic E-state index is -0.123. The standard InChI is InChI=1S/C19H23ClN2O3/c1-13-5-4-6-15(9-13)25-8-7-21-19(23)12-22-17-10-14(2)16(20)11-18(17)24-3/h4-6,9-11,22H,7-8,12H2,1-3H3,(H,21,23). The third kappa shape index (κ3) is 5.87. The lowest BCUT2D eigenvalue weighted by atomic mass is 10.2. The summed E-state index contributed by atoms with van der Waals surface area (Å²) in [6, 6.07) is 11.4. The Balaban J connectivity index is 1.75. The highest BCUT2D eigenvalue weighted by Crippen LogP contribution is 2.30. The monoisotopic (exact) mass is 362 g/mol. The number of rotatable bonds is 8. The molecule has 134 valence electrons. The van der Waals surface area contributed by atoms with E-state index in [2.05, 4.69) is 10.6 Å². The van der Waals surface area contributed by atoms with E-state index in [1.54, 1.807) is 13.2 Å². The molecule has 5 nitrogen and oxygen atoms in total. The number of hydrogen-bond donors (Lipinski definition) is 2. The SMILES string of the molecule is COc1cc(Cl)c(C)cc1NCC(=O)NCCOc1cccc(C)c1. The third-order valence-electron chi connectivity index (χ3n) is 3.60. The largest absolute Gasteiger partial charge is 0.495 e. The highest BCUT2D eigenvalue weighted by atomic mass is 35.5. The van der Waals surface area contributed by atoms with Crippen LogP contribution >= 0.6 is 11.6 Å². The maximum absolute atomic E-state index is 11.9. The van der Waals surface area contributed by atoms with Crippen LogP contribution in [0.15, 0.2) is 36.4 Å². The van der Waals surface area contributed by atoms with Gasteiger partial charge in [-0.05, 0) is 43.2 Å². The zero-order valence-electron chi connectivity index (χ0n) is 14.7. The van der Waals surface area contributed by atoms with E-state index >= 15 is 0 Å². The van der Waals surface area contributed by atoms with Crippen molar-refractivity contribution >= 4 is 23.2 Å². The summed E-state index contributed by atoms with van der Waals surface area (Å²) in [5.74, 6) is 1.28. The molecule has 6 heteroatoms. The lowest BCUT2D eigenvalue weighted by molar-refractivity contribution is -0.119. The van der Waals surface area contributed by atoms with Crippen molar-refractivity contribution in [2.24, 2.45) is 0 Å². The van der Waals surface area contributed by atoms with Gasteiger partial charge < -0.3 is 20.1 Å². The van der Waals surface area contributed by atoms with E-state index in [-0.39, 0.29) is 12.5 Å². The van der Waals surface area contributed by atoms with Gasteiger partial charge in [-0.25, -0.2) is 0 Å². The number of aryl methyl sites for hydroxylation is 2. The van der Waals surface area contributed by atoms with Gasteiger partial charge in [0.15, 0.2) is 0 Å². The number of amides is 1. The number of halogens is 1. The van der Waals surface area contributed by atoms with Crippen LogP contribution in [0.5, 0.6) is 11.5 Å². The fourth-order valence-electron chi connectivity index (χ4n) is 2.27. The second kappa shape index (κ2) is 9.18. The Kier molecular flexibility index (Phi) is 6.95. The summed E-state index contributed by atoms with van der Waals surface area (Å²) in [4.78, 5) is 11.9. The van der Waals surface area contributed by atoms with Crippen molar-refractivity contribution in [2.45, 2.75) is 13.8 Å². The Hall–Kier alpha value is -2.40. The highest BCUT2D eigenvalue weighted by Gasteiger charge is 2.08. The molecule has 0 saturated carbocycles. The van der Waals surface area contributed by atoms with Gasteiger partial charge in [0.1, 0.15) is 18.1 Å². The zero-order chi connectivity index (χ0) is 18.2. The van der Waals surface area contributed by atoms with Crippen LogP contribution in [0.3, 0.4) is 0 Å². The molecule has 0 heterocycles. The molecule has 0 atom stereocenters. The van der Waals surface area contributed by atoms with Crippen molar-refractivity contribution in [1.82, 2.24) is 5.32 Å². The predicted octanol–water partition coefficient (Wildman–Crippen LogP) is 3.57. The molecular formula is C19H23ClN2O3. The molecule has 0 saturated heterocycles. The summed E-state index contributed by atoms with van der Waals surface area (Å²) in [6.07, 6.45) is 0. The lowest BCUT2D eigenvalue weighted by Gasteiger charge is -2.13. The van der Waals surface area contributed by atoms with Crippen molar-refractivity contribution in [3.8, 4) is 11.5 Å². The Morgan fingerprint density at radius 2 is 2.00 bits per heavy atom. The van der Waals surface area contributed by atoms with Crippen molar-refractivity contribution < 1.29 is 14.3 Å². The van der Waals surface area contributed by atoms with Gasteiger partial charge in [0.25, 0.3) is 0 Å². The first-order valence-corrected chi connectivity index (χ1v) is 8.41. The molecule has 0 bridgehead atoms. The molecule has 2 aromatic rings. The van der Waals surface area contributed by atoms with E-state index in [1.165, 1.54) is 0 Å². The fourth-order valence-corrected chi connectivity index (χ4v) is 2.43. The number of ether oxygens (including phenoxy) is 2. The second-order valence-corrected chi connectivity index (χ2v) is 6.08. The van der Waals surface area contributed by atoms with E-state index in [0.717, 1.165) is 22.6 Å². The molecule has 0 aromatic heterocycles. The summed E-state index contributed by atoms with van der Waals surface area (Å²) < 4.78 is 10.9. The molecule has 0 unspecified atom stereocenters. The number of benzene rings is 2. The van der Waals surface area contributed by atoms with Gasteiger partial charge in [-0.1, -0.05) is 23.7 Å². The average molecular weight is 363 g/mol. The van der Waals surface area contributed by atoms with Crippen molar-refractivity contribution in [3.63, 3.8) is 0 Å². The molecule has 0 radical (unpaired) electrons. The van der Waals surface area contributed by atoms with Crippen LogP contribution < -0.4 is 20.1 Å². The van der Waals surface area contributed by atoms with E-state index in [1.807, 2.05) is 44.2 Å². The van der Waals surface area contributed by atoms with Crippen LogP contribution in [0.1, 0.15) is 11.1 Å². The summed E-state index contributed by atoms with van der Waals surface area (Å²) in [7, 11) is 1.56. The van der Waals surface area contributed by atoms with E-state index in [4.69, 9.17) is 21.1 Å². The minimum Gasteiger partial charge on any atom is -0.495 e. The van der Waals surface area contributed by atoms with Crippen LogP contribution in [0, 0.1) is 13.8 Å². The molecule has 1 amide bonds. The van der Waals surface area contributed by atoms with E-state index < -0.39 is 0 Å². The Bertz CT molecular complexity index is 735. The van der Waals surface area contributed by atoms with Gasteiger partial charge in [-0.2, -0.15) is 0 Å². The van der Waals surface area contributed by atoms with Crippen LogP contribution in [-0.2, 0) is 4.79 Å². The molecule has 0 aliphatic carbocycles. The topological polar surface area (TPSA) is 59.6 Å². The van der Waals surface area contributed by atoms with Gasteiger partial charge in [0, 0.05) is 11.1 Å². The van der Waals surface area contributed by atoms with Crippen molar-refractivity contribution in [1.29, 1.82) is 0 Å². The molecule has 2 rings (SSSR count). The quantitative estimate of drug-likeness (QED) is 0.705. The maximum atomic E-state index is 11.9. The number of hydrogen-bond acceptors (Lipinski definition) is 4. The van der Waals surface area contributed by atoms with Gasteiger partial charge in [0.2, 0.25) is 5.91 Å². The Labute approximate surface area is 153 Å². The zero-order valence-corrected chi connectivity index (χ0v) is 15.4. The minimum absolute atomic E-state index is 0.123. The average Bonchev–Trinajstić information content (AvgIpc) is 2.59. The fraction of sp³-hybridized carbons (Fsp3) is 0.316. The maximum Gasteiger partial charge on any atom is 0.239 e. The number of methoxy groups -OCH3 is 1. The van der Waals surface area contributed by atoms with Crippen LogP contribution in [-0.4, -0.2) is 32.7 Å². The first-order chi connectivity index (χ1) is 12.0. The van der Waals surface area contributed by atoms with E-state index in [9.17, 15) is 4.79 Å². The van der Waals surface area contributed by atoms with Crippen LogP contribution in [0.25, 0.3) is 0 Å². The number of nitrogens with one attached hydrogen (secondary N) is 2. The lowest BCUT2D eigenvalue weighted by Crippen LogP contribution is -2.33. The molecule has 2 aromatic carbocycles. The summed E-state index contributed by atoms with van der Waals surface area (Å²) in [5.41, 5.74) is 2.78. The first kappa shape index (κ1) is 18.9. The molecule has 0 aliphatic heterocycles. The molecule has 25 heavy (non-hydrogen) atoms. The second-order valence-electron chi connectivity index (χ2n) is 5.67. The number of carbonyl (C=O) groups excluding carboxylic acids is 1. The van der Waals surface area contributed by atoms with E-state index in [0.29, 0.717) is 23.9 Å². The smallest absolute Gasteiger partial charge is 0.239 e. The Morgan fingerprint density at radius 3 is 2.72 bits per heavy atom. The molecule has 0 fully saturated rings. The predicted molar refractivity (Wildman–Crippen MR) is 101 cm³/mol. The molecule has 0 spiro atoms. The van der Waals surface area contributed by atoms with Crippen LogP contribution in [0.2, 0.25) is 5.02 Å². The van der Waals surface area contributed by atoms with Gasteiger partial charge in [-0.15, -0.1) is 0 Å². The summed E-state index contributed by atoms with van der Waals surface area (Å²) >= 11 is 6.07. The molecular weight excluding hydrogens is 340 g/mol. The number of anilines is 1. The molecule has 0 aliphatic rings. The Morgan fingerprint density at radius 1 is 1.20 bits per heavy atom. The normalized spacial score (nSPS) is 10.2. The summed E-state index contributed by atoms with van der Waals surface area (Å²) in [6.45, 7) is 4.90. The first-order valence-electron chi connectivity index (χ1n) is 8.04. The van der Waals surface area contributed by atoms with Gasteiger partial charge >= 0.3 is 0 Å². The van der Waals surface area contributed by atoms with Crippen molar-refractivity contribution in [2.75, 3.05) is 32.1 Å². The van der Waals surface area contributed by atoms with Gasteiger partial charge in [-0.3, -0.25) is 4.79 Å². The van der Waals surface area contributed by atoms with Crippen molar-refractivity contribution in [3.05, 3.63) is 52.5 Å².